The quantitative estimate of drug-likeness (QED) is 0.800. The van der Waals surface area contributed by atoms with Gasteiger partial charge in [-0.2, -0.15) is 0 Å². The van der Waals surface area contributed by atoms with Crippen LogP contribution < -0.4 is 10.1 Å². The van der Waals surface area contributed by atoms with Gasteiger partial charge < -0.3 is 14.6 Å². The molecule has 0 aliphatic heterocycles. The number of anilines is 1. The molecule has 0 spiro atoms. The Balaban J connectivity index is 1.76. The number of carbonyl (C=O) groups excluding carboxylic acids is 1. The van der Waals surface area contributed by atoms with Crippen LogP contribution in [0.1, 0.15) is 16.2 Å². The van der Waals surface area contributed by atoms with Gasteiger partial charge >= 0.3 is 0 Å². The van der Waals surface area contributed by atoms with Gasteiger partial charge in [-0.25, -0.2) is 4.98 Å². The molecule has 0 aliphatic carbocycles. The number of nitrogens with one attached hydrogen (secondary N) is 1. The van der Waals surface area contributed by atoms with Crippen molar-refractivity contribution in [3.05, 3.63) is 59.9 Å². The standard InChI is InChI=1S/C17H15N3O3/c1-11-4-3-5-16(18-11)19-17(21)14-10-15(23-20-14)12-6-8-13(22-2)9-7-12/h3-10H,1-2H3,(H,18,19,21). The smallest absolute Gasteiger partial charge is 0.279 e. The number of aromatic nitrogens is 2. The van der Waals surface area contributed by atoms with Crippen molar-refractivity contribution in [2.24, 2.45) is 0 Å². The first-order valence-corrected chi connectivity index (χ1v) is 7.02. The van der Waals surface area contributed by atoms with Crippen molar-refractivity contribution in [2.75, 3.05) is 12.4 Å². The number of methoxy groups -OCH3 is 1. The summed E-state index contributed by atoms with van der Waals surface area (Å²) in [6, 6.07) is 14.3. The average molecular weight is 309 g/mol. The van der Waals surface area contributed by atoms with Crippen molar-refractivity contribution < 1.29 is 14.1 Å². The molecule has 0 saturated heterocycles. The molecule has 0 aliphatic rings. The lowest BCUT2D eigenvalue weighted by atomic mass is 10.1. The largest absolute Gasteiger partial charge is 0.497 e. The van der Waals surface area contributed by atoms with Crippen LogP contribution in [0.3, 0.4) is 0 Å². The number of nitrogens with zero attached hydrogens (tertiary/aromatic N) is 2. The Labute approximate surface area is 133 Å². The van der Waals surface area contributed by atoms with Crippen LogP contribution in [0.5, 0.6) is 5.75 Å². The first kappa shape index (κ1) is 14.8. The lowest BCUT2D eigenvalue weighted by Crippen LogP contribution is -2.13. The van der Waals surface area contributed by atoms with Crippen molar-refractivity contribution in [1.29, 1.82) is 0 Å². The average Bonchev–Trinajstić information content (AvgIpc) is 3.05. The van der Waals surface area contributed by atoms with Gasteiger partial charge in [-0.1, -0.05) is 11.2 Å². The van der Waals surface area contributed by atoms with E-state index >= 15 is 0 Å². The van der Waals surface area contributed by atoms with Gasteiger partial charge in [0.05, 0.1) is 7.11 Å². The van der Waals surface area contributed by atoms with Crippen LogP contribution >= 0.6 is 0 Å². The number of hydrogen-bond acceptors (Lipinski definition) is 5. The van der Waals surface area contributed by atoms with E-state index in [0.717, 1.165) is 17.0 Å². The highest BCUT2D eigenvalue weighted by molar-refractivity contribution is 6.02. The van der Waals surface area contributed by atoms with Gasteiger partial charge in [-0.3, -0.25) is 4.79 Å². The van der Waals surface area contributed by atoms with Crippen LogP contribution in [0.25, 0.3) is 11.3 Å². The van der Waals surface area contributed by atoms with E-state index in [4.69, 9.17) is 9.26 Å². The molecule has 0 fully saturated rings. The van der Waals surface area contributed by atoms with Crippen molar-refractivity contribution >= 4 is 11.7 Å². The van der Waals surface area contributed by atoms with Gasteiger partial charge in [0.1, 0.15) is 11.6 Å². The second-order valence-electron chi connectivity index (χ2n) is 4.92. The predicted molar refractivity (Wildman–Crippen MR) is 85.4 cm³/mol. The number of aryl methyl sites for hydroxylation is 1. The number of carbonyl (C=O) groups is 1. The Kier molecular flexibility index (Phi) is 4.05. The summed E-state index contributed by atoms with van der Waals surface area (Å²) >= 11 is 0. The predicted octanol–water partition coefficient (Wildman–Crippen LogP) is 3.31. The summed E-state index contributed by atoms with van der Waals surface area (Å²) in [4.78, 5) is 16.4. The molecule has 3 rings (SSSR count). The van der Waals surface area contributed by atoms with Crippen LogP contribution in [0.2, 0.25) is 0 Å². The summed E-state index contributed by atoms with van der Waals surface area (Å²) < 4.78 is 10.3. The summed E-state index contributed by atoms with van der Waals surface area (Å²) in [5.74, 6) is 1.36. The van der Waals surface area contributed by atoms with E-state index in [1.807, 2.05) is 43.3 Å². The fourth-order valence-corrected chi connectivity index (χ4v) is 2.07. The summed E-state index contributed by atoms with van der Waals surface area (Å²) in [5, 5.41) is 6.50. The number of hydrogen-bond donors (Lipinski definition) is 1. The van der Waals surface area contributed by atoms with E-state index in [-0.39, 0.29) is 11.6 Å². The molecule has 0 atom stereocenters. The molecule has 1 N–H and O–H groups in total. The molecule has 23 heavy (non-hydrogen) atoms. The Morgan fingerprint density at radius 1 is 1.17 bits per heavy atom. The minimum Gasteiger partial charge on any atom is -0.497 e. The van der Waals surface area contributed by atoms with Gasteiger partial charge in [-0.15, -0.1) is 0 Å². The molecule has 3 aromatic rings. The topological polar surface area (TPSA) is 77.2 Å². The van der Waals surface area contributed by atoms with Crippen LogP contribution in [0.4, 0.5) is 5.82 Å². The highest BCUT2D eigenvalue weighted by Crippen LogP contribution is 2.23. The normalized spacial score (nSPS) is 10.3. The first-order valence-electron chi connectivity index (χ1n) is 7.02. The zero-order chi connectivity index (χ0) is 16.2. The second-order valence-corrected chi connectivity index (χ2v) is 4.92. The number of benzene rings is 1. The zero-order valence-electron chi connectivity index (χ0n) is 12.7. The van der Waals surface area contributed by atoms with Gasteiger partial charge in [-0.05, 0) is 43.3 Å². The molecule has 6 nitrogen and oxygen atoms in total. The SMILES string of the molecule is COc1ccc(-c2cc(C(=O)Nc3cccc(C)n3)no2)cc1. The third-order valence-corrected chi connectivity index (χ3v) is 3.25. The summed E-state index contributed by atoms with van der Waals surface area (Å²) in [7, 11) is 1.60. The van der Waals surface area contributed by atoms with Gasteiger partial charge in [0, 0.05) is 17.3 Å². The molecule has 1 amide bonds. The maximum Gasteiger partial charge on any atom is 0.279 e. The number of pyridine rings is 1. The van der Waals surface area contributed by atoms with Gasteiger partial charge in [0.15, 0.2) is 11.5 Å². The number of amides is 1. The molecule has 6 heteroatoms. The van der Waals surface area contributed by atoms with Crippen molar-refractivity contribution in [1.82, 2.24) is 10.1 Å². The van der Waals surface area contributed by atoms with Crippen molar-refractivity contribution in [2.45, 2.75) is 6.92 Å². The summed E-state index contributed by atoms with van der Waals surface area (Å²) in [6.07, 6.45) is 0. The first-order chi connectivity index (χ1) is 11.2. The molecule has 116 valence electrons. The summed E-state index contributed by atoms with van der Waals surface area (Å²) in [5.41, 5.74) is 1.83. The van der Waals surface area contributed by atoms with Crippen molar-refractivity contribution in [3.8, 4) is 17.1 Å². The molecule has 0 saturated carbocycles. The minimum absolute atomic E-state index is 0.194. The highest BCUT2D eigenvalue weighted by Gasteiger charge is 2.14. The fourth-order valence-electron chi connectivity index (χ4n) is 2.07. The maximum absolute atomic E-state index is 12.2. The minimum atomic E-state index is -0.369. The van der Waals surface area contributed by atoms with E-state index in [1.165, 1.54) is 0 Å². The van der Waals surface area contributed by atoms with Crippen LogP contribution in [-0.4, -0.2) is 23.2 Å². The Morgan fingerprint density at radius 2 is 1.96 bits per heavy atom. The van der Waals surface area contributed by atoms with Crippen LogP contribution in [0, 0.1) is 6.92 Å². The Hall–Kier alpha value is -3.15. The Morgan fingerprint density at radius 3 is 2.65 bits per heavy atom. The second kappa shape index (κ2) is 6.31. The number of rotatable bonds is 4. The lowest BCUT2D eigenvalue weighted by Gasteiger charge is -2.02. The van der Waals surface area contributed by atoms with Gasteiger partial charge in [0.2, 0.25) is 0 Å². The van der Waals surface area contributed by atoms with Gasteiger partial charge in [0.25, 0.3) is 5.91 Å². The third-order valence-electron chi connectivity index (χ3n) is 3.25. The van der Waals surface area contributed by atoms with Crippen LogP contribution in [-0.2, 0) is 0 Å². The van der Waals surface area contributed by atoms with Crippen molar-refractivity contribution in [3.63, 3.8) is 0 Å². The number of ether oxygens (including phenoxy) is 1. The van der Waals surface area contributed by atoms with E-state index in [2.05, 4.69) is 15.5 Å². The van der Waals surface area contributed by atoms with E-state index in [0.29, 0.717) is 11.6 Å². The maximum atomic E-state index is 12.2. The monoisotopic (exact) mass is 309 g/mol. The molecule has 2 aromatic heterocycles. The van der Waals surface area contributed by atoms with Crippen LogP contribution in [0.15, 0.2) is 53.1 Å². The molecular formula is C17H15N3O3. The molecule has 1 aromatic carbocycles. The lowest BCUT2D eigenvalue weighted by molar-refractivity contribution is 0.101. The Bertz CT molecular complexity index is 825. The third kappa shape index (κ3) is 3.37. The molecule has 0 bridgehead atoms. The van der Waals surface area contributed by atoms with E-state index in [9.17, 15) is 4.79 Å². The fraction of sp³-hybridized carbons (Fsp3) is 0.118. The summed E-state index contributed by atoms with van der Waals surface area (Å²) in [6.45, 7) is 1.85. The zero-order valence-corrected chi connectivity index (χ0v) is 12.7. The van der Waals surface area contributed by atoms with E-state index in [1.54, 1.807) is 19.2 Å². The van der Waals surface area contributed by atoms with E-state index < -0.39 is 0 Å². The molecule has 0 unspecified atom stereocenters. The molecule has 0 radical (unpaired) electrons. The molecule has 2 heterocycles. The molecular weight excluding hydrogens is 294 g/mol. The highest BCUT2D eigenvalue weighted by atomic mass is 16.5.